The molecule has 5 nitrogen and oxygen atoms in total. The fourth-order valence-corrected chi connectivity index (χ4v) is 4.70. The summed E-state index contributed by atoms with van der Waals surface area (Å²) in [6, 6.07) is 0. The molecule has 1 saturated carbocycles. The molecule has 1 saturated heterocycles. The predicted octanol–water partition coefficient (Wildman–Crippen LogP) is -0.0472. The van der Waals surface area contributed by atoms with Crippen molar-refractivity contribution < 1.29 is 18.3 Å². The first-order valence-corrected chi connectivity index (χ1v) is 8.59. The van der Waals surface area contributed by atoms with Crippen LogP contribution in [0.1, 0.15) is 19.3 Å². The van der Waals surface area contributed by atoms with Crippen LogP contribution in [0.3, 0.4) is 0 Å². The number of hydrogen-bond donors (Lipinski definition) is 2. The molecule has 0 bridgehead atoms. The van der Waals surface area contributed by atoms with Gasteiger partial charge in [-0.05, 0) is 25.0 Å². The standard InChI is InChI=1S/C10H19NO4S2/c12-4-5-15-10(3-6-16-8-10)7-11-17(13,14)9-1-2-9/h9,11-12H,1-8H2. The molecule has 2 N–H and O–H groups in total. The Hall–Kier alpha value is 0.180. The van der Waals surface area contributed by atoms with Gasteiger partial charge in [0.1, 0.15) is 0 Å². The molecule has 1 aliphatic carbocycles. The Morgan fingerprint density at radius 2 is 2.24 bits per heavy atom. The Morgan fingerprint density at radius 1 is 1.47 bits per heavy atom. The average Bonchev–Trinajstić information content (AvgIpc) is 3.07. The summed E-state index contributed by atoms with van der Waals surface area (Å²) < 4.78 is 31.8. The molecule has 0 aromatic heterocycles. The minimum absolute atomic E-state index is 0.0260. The van der Waals surface area contributed by atoms with Gasteiger partial charge in [0.05, 0.1) is 24.1 Å². The average molecular weight is 281 g/mol. The van der Waals surface area contributed by atoms with E-state index in [-0.39, 0.29) is 18.5 Å². The third kappa shape index (κ3) is 3.57. The van der Waals surface area contributed by atoms with Crippen molar-refractivity contribution in [2.75, 3.05) is 31.3 Å². The first-order chi connectivity index (χ1) is 8.08. The molecular weight excluding hydrogens is 262 g/mol. The Labute approximate surface area is 106 Å². The summed E-state index contributed by atoms with van der Waals surface area (Å²) in [6.45, 7) is 0.576. The lowest BCUT2D eigenvalue weighted by atomic mass is 10.0. The molecule has 100 valence electrons. The summed E-state index contributed by atoms with van der Waals surface area (Å²) in [6.07, 6.45) is 2.38. The van der Waals surface area contributed by atoms with Gasteiger partial charge < -0.3 is 9.84 Å². The highest BCUT2D eigenvalue weighted by Crippen LogP contribution is 2.32. The number of ether oxygens (including phenoxy) is 1. The summed E-state index contributed by atoms with van der Waals surface area (Å²) in [4.78, 5) is 0. The zero-order valence-corrected chi connectivity index (χ0v) is 11.4. The monoisotopic (exact) mass is 281 g/mol. The van der Waals surface area contributed by atoms with Gasteiger partial charge in [0.25, 0.3) is 0 Å². The van der Waals surface area contributed by atoms with Crippen LogP contribution in [0.15, 0.2) is 0 Å². The zero-order chi connectivity index (χ0) is 12.4. The molecule has 1 atom stereocenters. The van der Waals surface area contributed by atoms with E-state index in [1.807, 2.05) is 0 Å². The minimum Gasteiger partial charge on any atom is -0.394 e. The highest BCUT2D eigenvalue weighted by atomic mass is 32.2. The highest BCUT2D eigenvalue weighted by molar-refractivity contribution is 7.99. The number of rotatable bonds is 7. The van der Waals surface area contributed by atoms with Crippen molar-refractivity contribution in [2.24, 2.45) is 0 Å². The molecule has 7 heteroatoms. The van der Waals surface area contributed by atoms with Crippen molar-refractivity contribution >= 4 is 21.8 Å². The van der Waals surface area contributed by atoms with Crippen LogP contribution in [0.2, 0.25) is 0 Å². The molecule has 0 aromatic carbocycles. The van der Waals surface area contributed by atoms with Crippen molar-refractivity contribution in [3.8, 4) is 0 Å². The maximum atomic E-state index is 11.7. The second-order valence-electron chi connectivity index (χ2n) is 4.62. The first kappa shape index (κ1) is 13.6. The molecule has 17 heavy (non-hydrogen) atoms. The Balaban J connectivity index is 1.89. The molecule has 0 amide bonds. The molecular formula is C10H19NO4S2. The molecule has 1 heterocycles. The van der Waals surface area contributed by atoms with Crippen molar-refractivity contribution in [2.45, 2.75) is 30.1 Å². The quantitative estimate of drug-likeness (QED) is 0.684. The minimum atomic E-state index is -3.14. The first-order valence-electron chi connectivity index (χ1n) is 5.89. The van der Waals surface area contributed by atoms with E-state index in [0.29, 0.717) is 6.54 Å². The van der Waals surface area contributed by atoms with Gasteiger partial charge in [-0.1, -0.05) is 0 Å². The summed E-state index contributed by atoms with van der Waals surface area (Å²) in [5, 5.41) is 8.61. The van der Waals surface area contributed by atoms with Crippen LogP contribution in [0.25, 0.3) is 0 Å². The largest absolute Gasteiger partial charge is 0.394 e. The highest BCUT2D eigenvalue weighted by Gasteiger charge is 2.40. The van der Waals surface area contributed by atoms with Gasteiger partial charge in [0, 0.05) is 12.3 Å². The molecule has 0 spiro atoms. The molecule has 2 aliphatic rings. The van der Waals surface area contributed by atoms with Crippen LogP contribution >= 0.6 is 11.8 Å². The van der Waals surface area contributed by atoms with E-state index in [9.17, 15) is 8.42 Å². The Kier molecular flexibility index (Phi) is 4.35. The van der Waals surface area contributed by atoms with Gasteiger partial charge in [-0.3, -0.25) is 0 Å². The van der Waals surface area contributed by atoms with Gasteiger partial charge in [0.15, 0.2) is 0 Å². The van der Waals surface area contributed by atoms with Crippen molar-refractivity contribution in [3.63, 3.8) is 0 Å². The van der Waals surface area contributed by atoms with Gasteiger partial charge in [-0.15, -0.1) is 0 Å². The number of aliphatic hydroxyl groups is 1. The second-order valence-corrected chi connectivity index (χ2v) is 7.77. The van der Waals surface area contributed by atoms with Crippen molar-refractivity contribution in [1.29, 1.82) is 0 Å². The molecule has 1 aliphatic heterocycles. The summed E-state index contributed by atoms with van der Waals surface area (Å²) in [5.74, 6) is 1.77. The van der Waals surface area contributed by atoms with E-state index in [2.05, 4.69) is 4.72 Å². The third-order valence-electron chi connectivity index (χ3n) is 3.13. The fourth-order valence-electron chi connectivity index (χ4n) is 1.88. The molecule has 0 radical (unpaired) electrons. The van der Waals surface area contributed by atoms with Crippen molar-refractivity contribution in [1.82, 2.24) is 4.72 Å². The number of sulfonamides is 1. The summed E-state index contributed by atoms with van der Waals surface area (Å²) >= 11 is 1.76. The normalized spacial score (nSPS) is 29.7. The van der Waals surface area contributed by atoms with Gasteiger partial charge in [0.2, 0.25) is 10.0 Å². The lowest BCUT2D eigenvalue weighted by Crippen LogP contribution is -2.46. The molecule has 0 aromatic rings. The van der Waals surface area contributed by atoms with Gasteiger partial charge in [-0.25, -0.2) is 13.1 Å². The van der Waals surface area contributed by atoms with Crippen LogP contribution in [0.5, 0.6) is 0 Å². The zero-order valence-electron chi connectivity index (χ0n) is 9.72. The van der Waals surface area contributed by atoms with Crippen LogP contribution in [0.4, 0.5) is 0 Å². The smallest absolute Gasteiger partial charge is 0.214 e. The van der Waals surface area contributed by atoms with Gasteiger partial charge >= 0.3 is 0 Å². The van der Waals surface area contributed by atoms with Gasteiger partial charge in [-0.2, -0.15) is 11.8 Å². The third-order valence-corrected chi connectivity index (χ3v) is 6.24. The fraction of sp³-hybridized carbons (Fsp3) is 1.00. The van der Waals surface area contributed by atoms with E-state index in [1.165, 1.54) is 0 Å². The van der Waals surface area contributed by atoms with Crippen LogP contribution in [0, 0.1) is 0 Å². The Morgan fingerprint density at radius 3 is 2.76 bits per heavy atom. The van der Waals surface area contributed by atoms with Crippen LogP contribution in [-0.4, -0.2) is 55.6 Å². The molecule has 2 fully saturated rings. The van der Waals surface area contributed by atoms with E-state index in [1.54, 1.807) is 11.8 Å². The number of nitrogens with one attached hydrogen (secondary N) is 1. The SMILES string of the molecule is O=S(=O)(NCC1(OCCO)CCSC1)C1CC1. The number of thioether (sulfide) groups is 1. The predicted molar refractivity (Wildman–Crippen MR) is 67.7 cm³/mol. The Bertz CT molecular complexity index is 347. The van der Waals surface area contributed by atoms with E-state index in [4.69, 9.17) is 9.84 Å². The van der Waals surface area contributed by atoms with Crippen LogP contribution < -0.4 is 4.72 Å². The van der Waals surface area contributed by atoms with Crippen LogP contribution in [-0.2, 0) is 14.8 Å². The molecule has 1 unspecified atom stereocenters. The number of aliphatic hydroxyl groups excluding tert-OH is 1. The number of hydrogen-bond acceptors (Lipinski definition) is 5. The van der Waals surface area contributed by atoms with E-state index < -0.39 is 15.6 Å². The van der Waals surface area contributed by atoms with E-state index in [0.717, 1.165) is 30.8 Å². The summed E-state index contributed by atoms with van der Waals surface area (Å²) in [5.41, 5.74) is -0.421. The van der Waals surface area contributed by atoms with Crippen molar-refractivity contribution in [3.05, 3.63) is 0 Å². The topological polar surface area (TPSA) is 75.6 Å². The van der Waals surface area contributed by atoms with E-state index >= 15 is 0 Å². The summed E-state index contributed by atoms with van der Waals surface area (Å²) in [7, 11) is -3.14. The lowest BCUT2D eigenvalue weighted by molar-refractivity contribution is -0.0358. The lowest BCUT2D eigenvalue weighted by Gasteiger charge is -2.28. The maximum absolute atomic E-state index is 11.7. The molecule has 2 rings (SSSR count). The second kappa shape index (κ2) is 5.44. The maximum Gasteiger partial charge on any atom is 0.214 e.